The summed E-state index contributed by atoms with van der Waals surface area (Å²) in [5, 5.41) is 12.8. The average molecular weight is 542 g/mol. The van der Waals surface area contributed by atoms with Crippen molar-refractivity contribution in [3.05, 3.63) is 130 Å². The van der Waals surface area contributed by atoms with Gasteiger partial charge in [0.1, 0.15) is 11.6 Å². The van der Waals surface area contributed by atoms with Crippen LogP contribution in [0.25, 0.3) is 0 Å². The molecule has 0 spiro atoms. The number of phenols is 1. The first-order chi connectivity index (χ1) is 18.8. The Labute approximate surface area is 235 Å². The Hall–Kier alpha value is -3.00. The molecule has 0 aromatic heterocycles. The van der Waals surface area contributed by atoms with Gasteiger partial charge in [-0.05, 0) is 78.6 Å². The lowest BCUT2D eigenvalue weighted by atomic mass is 9.85. The zero-order valence-corrected chi connectivity index (χ0v) is 24.7. The Bertz CT molecular complexity index is 1360. The van der Waals surface area contributed by atoms with E-state index in [-0.39, 0.29) is 11.0 Å². The van der Waals surface area contributed by atoms with Crippen molar-refractivity contribution in [2.45, 2.75) is 57.7 Å². The Balaban J connectivity index is 1.85. The molecule has 4 heteroatoms. The van der Waals surface area contributed by atoms with Gasteiger partial charge in [0, 0.05) is 23.7 Å². The van der Waals surface area contributed by atoms with Gasteiger partial charge in [-0.25, -0.2) is 4.39 Å². The number of hydrogen-bond acceptors (Lipinski definition) is 2. The van der Waals surface area contributed by atoms with Crippen LogP contribution in [-0.2, 0) is 24.5 Å². The second-order valence-electron chi connectivity index (χ2n) is 10.8. The van der Waals surface area contributed by atoms with E-state index in [1.165, 1.54) is 22.0 Å². The van der Waals surface area contributed by atoms with Gasteiger partial charge in [0.05, 0.1) is 0 Å². The Morgan fingerprint density at radius 3 is 2.00 bits per heavy atom. The molecule has 39 heavy (non-hydrogen) atoms. The Morgan fingerprint density at radius 1 is 0.769 bits per heavy atom. The fourth-order valence-electron chi connectivity index (χ4n) is 5.57. The lowest BCUT2D eigenvalue weighted by molar-refractivity contribution is 0.402. The summed E-state index contributed by atoms with van der Waals surface area (Å²) in [6.07, 6.45) is 4.34. The number of nitrogens with zero attached hydrogens (tertiary/aromatic N) is 1. The predicted octanol–water partition coefficient (Wildman–Crippen LogP) is 8.18. The Kier molecular flexibility index (Phi) is 9.94. The molecule has 0 aliphatic rings. The van der Waals surface area contributed by atoms with Gasteiger partial charge in [-0.3, -0.25) is 0 Å². The first-order valence-corrected chi connectivity index (χ1v) is 15.0. The van der Waals surface area contributed by atoms with Crippen LogP contribution in [0.5, 0.6) is 5.75 Å². The third-order valence-electron chi connectivity index (χ3n) is 7.46. The van der Waals surface area contributed by atoms with Crippen LogP contribution in [0.4, 0.5) is 4.39 Å². The topological polar surface area (TPSA) is 23.5 Å². The standard InChI is InChI=1S/C35H41FNOP/c1-5-19-35(6-2,39-33-18-17-31(36)24-30(33)25-37(3)4)32-23-28(20-26-13-9-7-10-14-26)22-29(34(32)38)21-27-15-11-8-12-16-27/h7-18,22-24,38-39H,5-6,19-21,25H2,1-4H3. The molecular weight excluding hydrogens is 500 g/mol. The fraction of sp³-hybridized carbons (Fsp3) is 0.314. The van der Waals surface area contributed by atoms with Gasteiger partial charge in [-0.15, -0.1) is 0 Å². The number of rotatable bonds is 12. The first-order valence-electron chi connectivity index (χ1n) is 14.0. The normalized spacial score (nSPS) is 13.3. The quantitative estimate of drug-likeness (QED) is 0.183. The highest BCUT2D eigenvalue weighted by Gasteiger charge is 2.34. The molecule has 0 saturated heterocycles. The number of benzene rings is 4. The lowest BCUT2D eigenvalue weighted by Crippen LogP contribution is -2.26. The van der Waals surface area contributed by atoms with E-state index in [0.29, 0.717) is 27.3 Å². The van der Waals surface area contributed by atoms with Crippen LogP contribution in [0.3, 0.4) is 0 Å². The van der Waals surface area contributed by atoms with E-state index in [9.17, 15) is 9.50 Å². The summed E-state index contributed by atoms with van der Waals surface area (Å²) in [6.45, 7) is 5.14. The van der Waals surface area contributed by atoms with Gasteiger partial charge < -0.3 is 10.0 Å². The van der Waals surface area contributed by atoms with E-state index in [2.05, 4.69) is 79.4 Å². The molecule has 4 rings (SSSR count). The predicted molar refractivity (Wildman–Crippen MR) is 165 cm³/mol. The number of halogens is 1. The van der Waals surface area contributed by atoms with E-state index in [1.54, 1.807) is 12.1 Å². The molecule has 4 aromatic rings. The molecule has 0 amide bonds. The highest BCUT2D eigenvalue weighted by atomic mass is 31.1. The Morgan fingerprint density at radius 2 is 1.41 bits per heavy atom. The third-order valence-corrected chi connectivity index (χ3v) is 9.57. The number of aromatic hydroxyl groups is 1. The van der Waals surface area contributed by atoms with Crippen LogP contribution in [0.1, 0.15) is 66.5 Å². The van der Waals surface area contributed by atoms with Gasteiger partial charge in [0.15, 0.2) is 0 Å². The number of hydrogen-bond donors (Lipinski definition) is 1. The summed E-state index contributed by atoms with van der Waals surface area (Å²) in [7, 11) is 4.46. The molecule has 0 aliphatic heterocycles. The van der Waals surface area contributed by atoms with E-state index in [0.717, 1.165) is 42.4 Å². The van der Waals surface area contributed by atoms with Crippen LogP contribution in [0, 0.1) is 5.82 Å². The molecule has 4 aromatic carbocycles. The minimum atomic E-state index is -0.240. The molecule has 0 bridgehead atoms. The monoisotopic (exact) mass is 541 g/mol. The second kappa shape index (κ2) is 13.4. The van der Waals surface area contributed by atoms with Gasteiger partial charge in [-0.1, -0.05) is 108 Å². The molecule has 0 fully saturated rings. The van der Waals surface area contributed by atoms with Crippen LogP contribution in [0.15, 0.2) is 91.0 Å². The van der Waals surface area contributed by atoms with Crippen molar-refractivity contribution in [2.75, 3.05) is 14.1 Å². The van der Waals surface area contributed by atoms with Crippen molar-refractivity contribution in [1.82, 2.24) is 4.90 Å². The first kappa shape index (κ1) is 29.0. The highest BCUT2D eigenvalue weighted by molar-refractivity contribution is 7.48. The highest BCUT2D eigenvalue weighted by Crippen LogP contribution is 2.52. The molecule has 0 saturated carbocycles. The van der Waals surface area contributed by atoms with E-state index in [4.69, 9.17) is 0 Å². The third kappa shape index (κ3) is 7.35. The molecule has 0 radical (unpaired) electrons. The van der Waals surface area contributed by atoms with E-state index < -0.39 is 0 Å². The number of phenolic OH excluding ortho intramolecular Hbond substituents is 1. The largest absolute Gasteiger partial charge is 0.507 e. The van der Waals surface area contributed by atoms with Crippen LogP contribution in [0.2, 0.25) is 0 Å². The van der Waals surface area contributed by atoms with Crippen LogP contribution < -0.4 is 5.30 Å². The molecule has 1 N–H and O–H groups in total. The molecule has 0 heterocycles. The smallest absolute Gasteiger partial charge is 0.123 e. The minimum absolute atomic E-state index is 0.198. The summed E-state index contributed by atoms with van der Waals surface area (Å²) in [6, 6.07) is 30.6. The second-order valence-corrected chi connectivity index (χ2v) is 12.6. The van der Waals surface area contributed by atoms with Gasteiger partial charge in [-0.2, -0.15) is 0 Å². The van der Waals surface area contributed by atoms with Gasteiger partial charge in [0.25, 0.3) is 0 Å². The molecule has 0 aliphatic carbocycles. The van der Waals surface area contributed by atoms with Gasteiger partial charge >= 0.3 is 0 Å². The van der Waals surface area contributed by atoms with Crippen LogP contribution >= 0.6 is 8.58 Å². The van der Waals surface area contributed by atoms with Crippen molar-refractivity contribution >= 4 is 13.9 Å². The zero-order chi connectivity index (χ0) is 27.8. The average Bonchev–Trinajstić information content (AvgIpc) is 2.92. The maximum atomic E-state index is 14.3. The summed E-state index contributed by atoms with van der Waals surface area (Å²) < 4.78 is 14.3. The summed E-state index contributed by atoms with van der Waals surface area (Å²) in [4.78, 5) is 2.09. The summed E-state index contributed by atoms with van der Waals surface area (Å²) in [5.74, 6) is 0.213. The zero-order valence-electron chi connectivity index (χ0n) is 23.7. The van der Waals surface area contributed by atoms with Crippen LogP contribution in [-0.4, -0.2) is 24.1 Å². The van der Waals surface area contributed by atoms with Crippen molar-refractivity contribution in [2.24, 2.45) is 0 Å². The molecule has 2 nitrogen and oxygen atoms in total. The van der Waals surface area contributed by atoms with E-state index >= 15 is 0 Å². The van der Waals surface area contributed by atoms with Crippen molar-refractivity contribution in [1.29, 1.82) is 0 Å². The van der Waals surface area contributed by atoms with Crippen molar-refractivity contribution in [3.63, 3.8) is 0 Å². The van der Waals surface area contributed by atoms with E-state index in [1.807, 2.05) is 32.3 Å². The maximum Gasteiger partial charge on any atom is 0.123 e. The lowest BCUT2D eigenvalue weighted by Gasteiger charge is -2.36. The van der Waals surface area contributed by atoms with Crippen molar-refractivity contribution < 1.29 is 9.50 Å². The molecule has 2 atom stereocenters. The SMILES string of the molecule is CCCC(CC)(Pc1ccc(F)cc1CN(C)C)c1cc(Cc2ccccc2)cc(Cc2ccccc2)c1O. The molecule has 204 valence electrons. The minimum Gasteiger partial charge on any atom is -0.507 e. The maximum absolute atomic E-state index is 14.3. The summed E-state index contributed by atoms with van der Waals surface area (Å²) >= 11 is 0. The van der Waals surface area contributed by atoms with Crippen molar-refractivity contribution in [3.8, 4) is 5.75 Å². The van der Waals surface area contributed by atoms with Gasteiger partial charge in [0.2, 0.25) is 0 Å². The fourth-order valence-corrected chi connectivity index (χ4v) is 7.44. The summed E-state index contributed by atoms with van der Waals surface area (Å²) in [5.41, 5.74) is 6.68. The molecule has 2 unspecified atom stereocenters. The molecular formula is C35H41FNOP.